The predicted octanol–water partition coefficient (Wildman–Crippen LogP) is -1.86. The molecule has 9 heteroatoms. The highest BCUT2D eigenvalue weighted by atomic mass is 32.3. The number of nitrogens with one attached hydrogen (secondary N) is 1. The van der Waals surface area contributed by atoms with Gasteiger partial charge in [-0.3, -0.25) is 4.55 Å². The van der Waals surface area contributed by atoms with Crippen LogP contribution in [-0.4, -0.2) is 46.6 Å². The Hall–Kier alpha value is -0.710. The third-order valence-electron chi connectivity index (χ3n) is 1.46. The number of hydrogen-bond acceptors (Lipinski definition) is 5. The van der Waals surface area contributed by atoms with E-state index in [0.29, 0.717) is 11.7 Å². The Bertz CT molecular complexity index is 393. The zero-order chi connectivity index (χ0) is 12.8. The maximum absolute atomic E-state index is 8.64. The van der Waals surface area contributed by atoms with Crippen LogP contribution in [0.15, 0.2) is 17.3 Å². The fraction of sp³-hybridized carbons (Fsp3) is 0.429. The van der Waals surface area contributed by atoms with E-state index in [2.05, 4.69) is 4.99 Å². The lowest BCUT2D eigenvalue weighted by molar-refractivity contribution is -0.746. The summed E-state index contributed by atoms with van der Waals surface area (Å²) in [4.78, 5) is 5.05. The van der Waals surface area contributed by atoms with Gasteiger partial charge in [0.15, 0.2) is 0 Å². The number of quaternary nitrogens is 1. The monoisotopic (exact) mass is 268 g/mol. The van der Waals surface area contributed by atoms with Crippen molar-refractivity contribution in [3.63, 3.8) is 0 Å². The summed E-state index contributed by atoms with van der Waals surface area (Å²) >= 11 is 4.98. The van der Waals surface area contributed by atoms with Crippen LogP contribution in [0.25, 0.3) is 0 Å². The fourth-order valence-corrected chi connectivity index (χ4v) is 1.19. The number of rotatable bonds is 2. The van der Waals surface area contributed by atoms with Gasteiger partial charge < -0.3 is 9.66 Å². The summed E-state index contributed by atoms with van der Waals surface area (Å²) < 4.78 is 32.8. The number of thiocarbonyl (C=S) groups is 1. The normalized spacial score (nSPS) is 19.9. The van der Waals surface area contributed by atoms with Gasteiger partial charge in [0, 0.05) is 24.0 Å². The van der Waals surface area contributed by atoms with Crippen LogP contribution in [0.3, 0.4) is 0 Å². The molecule has 0 aromatic carbocycles. The van der Waals surface area contributed by atoms with E-state index in [9.17, 15) is 0 Å². The molecule has 0 aromatic heterocycles. The largest absolute Gasteiger partial charge is 0.726 e. The Morgan fingerprint density at radius 3 is 2.50 bits per heavy atom. The zero-order valence-corrected chi connectivity index (χ0v) is 10.1. The van der Waals surface area contributed by atoms with E-state index >= 15 is 0 Å². The van der Waals surface area contributed by atoms with Crippen molar-refractivity contribution in [2.45, 2.75) is 6.92 Å². The summed E-state index contributed by atoms with van der Waals surface area (Å²) in [5.41, 5.74) is 0.927. The van der Waals surface area contributed by atoms with E-state index in [0.717, 1.165) is 10.6 Å². The molecule has 0 aliphatic carbocycles. The number of allylic oxidation sites excluding steroid dienone is 1. The molecule has 0 aromatic rings. The van der Waals surface area contributed by atoms with Crippen LogP contribution >= 0.6 is 12.2 Å². The van der Waals surface area contributed by atoms with Crippen LogP contribution in [0.5, 0.6) is 0 Å². The Labute approximate surface area is 98.7 Å². The van der Waals surface area contributed by atoms with Crippen LogP contribution in [0.4, 0.5) is 0 Å². The van der Waals surface area contributed by atoms with Gasteiger partial charge in [0.2, 0.25) is 10.4 Å². The van der Waals surface area contributed by atoms with Crippen molar-refractivity contribution < 1.29 is 27.5 Å². The molecular formula is C7H12N2O5S2. The highest BCUT2D eigenvalue weighted by Crippen LogP contribution is 1.84. The number of aliphatic hydroxyl groups excluding tert-OH is 1. The summed E-state index contributed by atoms with van der Waals surface area (Å²) in [6, 6.07) is 0. The Morgan fingerprint density at radius 1 is 1.62 bits per heavy atom. The molecule has 0 bridgehead atoms. The second kappa shape index (κ2) is 6.78. The van der Waals surface area contributed by atoms with E-state index in [1.807, 2.05) is 19.2 Å². The molecule has 1 heterocycles. The molecule has 1 atom stereocenters. The summed E-state index contributed by atoms with van der Waals surface area (Å²) in [5.74, 6) is 0. The second-order valence-electron chi connectivity index (χ2n) is 2.82. The van der Waals surface area contributed by atoms with E-state index in [-0.39, 0.29) is 6.61 Å². The molecule has 0 radical (unpaired) electrons. The Kier molecular flexibility index (Phi) is 6.48. The van der Waals surface area contributed by atoms with Crippen molar-refractivity contribution in [1.82, 2.24) is 0 Å². The van der Waals surface area contributed by atoms with E-state index in [1.54, 1.807) is 0 Å². The minimum absolute atomic E-state index is 0.133. The molecule has 1 aliphatic rings. The van der Waals surface area contributed by atoms with Crippen LogP contribution in [0, 0.1) is 0 Å². The molecule has 16 heavy (non-hydrogen) atoms. The number of aliphatic hydroxyl groups is 1. The molecule has 1 unspecified atom stereocenters. The first-order valence-electron chi connectivity index (χ1n) is 4.16. The average Bonchev–Trinajstić information content (AvgIpc) is 2.07. The van der Waals surface area contributed by atoms with Crippen molar-refractivity contribution >= 4 is 33.4 Å². The highest BCUT2D eigenvalue weighted by molar-refractivity contribution is 7.80. The summed E-state index contributed by atoms with van der Waals surface area (Å²) in [5, 5.41) is 9.25. The van der Waals surface area contributed by atoms with Gasteiger partial charge in [0.1, 0.15) is 12.7 Å². The summed E-state index contributed by atoms with van der Waals surface area (Å²) in [6.45, 7) is 2.64. The van der Waals surface area contributed by atoms with Crippen LogP contribution in [-0.2, 0) is 10.4 Å². The smallest absolute Gasteiger partial charge is 0.299 e. The van der Waals surface area contributed by atoms with Crippen LogP contribution < -0.4 is 4.90 Å². The minimum atomic E-state index is -4.92. The molecule has 7 nitrogen and oxygen atoms in total. The quantitative estimate of drug-likeness (QED) is 0.307. The van der Waals surface area contributed by atoms with Gasteiger partial charge in [-0.1, -0.05) is 0 Å². The first-order valence-corrected chi connectivity index (χ1v) is 5.94. The van der Waals surface area contributed by atoms with Crippen molar-refractivity contribution in [2.75, 3.05) is 13.2 Å². The lowest BCUT2D eigenvalue weighted by Gasteiger charge is -2.13. The van der Waals surface area contributed by atoms with E-state index < -0.39 is 10.4 Å². The van der Waals surface area contributed by atoms with E-state index in [4.69, 9.17) is 34.8 Å². The number of aliphatic imine (C=N–C) groups is 1. The lowest BCUT2D eigenvalue weighted by Crippen LogP contribution is -3.10. The van der Waals surface area contributed by atoms with Gasteiger partial charge in [-0.05, 0) is 6.92 Å². The van der Waals surface area contributed by atoms with Crippen LogP contribution in [0.1, 0.15) is 6.92 Å². The zero-order valence-electron chi connectivity index (χ0n) is 8.45. The fourth-order valence-electron chi connectivity index (χ4n) is 0.872. The van der Waals surface area contributed by atoms with Gasteiger partial charge in [0.25, 0.3) is 5.11 Å². The molecule has 1 rings (SSSR count). The molecule has 0 spiro atoms. The average molecular weight is 268 g/mol. The summed E-state index contributed by atoms with van der Waals surface area (Å²) in [7, 11) is -4.92. The Morgan fingerprint density at radius 2 is 2.12 bits per heavy atom. The topological polar surface area (TPSA) is 114 Å². The molecule has 3 N–H and O–H groups in total. The first kappa shape index (κ1) is 15.3. The van der Waals surface area contributed by atoms with Crippen LogP contribution in [0.2, 0.25) is 0 Å². The van der Waals surface area contributed by atoms with Crippen molar-refractivity contribution in [1.29, 1.82) is 0 Å². The van der Waals surface area contributed by atoms with Crippen molar-refractivity contribution in [2.24, 2.45) is 4.99 Å². The molecule has 0 saturated carbocycles. The highest BCUT2D eigenvalue weighted by Gasteiger charge is 2.14. The van der Waals surface area contributed by atoms with Gasteiger partial charge >= 0.3 is 0 Å². The standard InChI is InChI=1S/C7H10N2OS.H2O4S/c1-6-2-3-9(4-5-10)7(11)8-6;1-5(2,3)4/h2-3,10H,4-5H2,1H3;(H2,1,2,3,4). The number of nitrogens with zero attached hydrogens (tertiary/aromatic N) is 1. The van der Waals surface area contributed by atoms with Crippen molar-refractivity contribution in [3.8, 4) is 0 Å². The third-order valence-corrected chi connectivity index (χ3v) is 1.81. The summed E-state index contributed by atoms with van der Waals surface area (Å²) in [6.07, 6.45) is 3.82. The molecule has 0 amide bonds. The van der Waals surface area contributed by atoms with E-state index in [1.165, 1.54) is 0 Å². The van der Waals surface area contributed by atoms with Gasteiger partial charge in [0.05, 0.1) is 6.61 Å². The SMILES string of the molecule is CC1=NC(=S)[NH+](CCO)C=C1.O=S(=O)([O-])O. The predicted molar refractivity (Wildman–Crippen MR) is 60.1 cm³/mol. The molecular weight excluding hydrogens is 256 g/mol. The lowest BCUT2D eigenvalue weighted by atomic mass is 10.3. The first-order chi connectivity index (χ1) is 7.24. The minimum Gasteiger partial charge on any atom is -0.726 e. The van der Waals surface area contributed by atoms with Crippen molar-refractivity contribution in [3.05, 3.63) is 12.3 Å². The number of hydrogen-bond donors (Lipinski definition) is 3. The molecule has 1 aliphatic heterocycles. The maximum Gasteiger partial charge on any atom is 0.299 e. The molecule has 92 valence electrons. The van der Waals surface area contributed by atoms with Gasteiger partial charge in [-0.25, -0.2) is 13.3 Å². The Balaban J connectivity index is 0.000000385. The molecule has 0 saturated heterocycles. The van der Waals surface area contributed by atoms with Gasteiger partial charge in [-0.15, -0.1) is 0 Å². The van der Waals surface area contributed by atoms with Gasteiger partial charge in [-0.2, -0.15) is 4.99 Å². The second-order valence-corrected chi connectivity index (χ2v) is 4.06. The maximum atomic E-state index is 8.64. The molecule has 0 fully saturated rings. The third kappa shape index (κ3) is 8.59.